The third kappa shape index (κ3) is 4.31. The molecule has 7 nitrogen and oxygen atoms in total. The van der Waals surface area contributed by atoms with Gasteiger partial charge in [0.05, 0.1) is 41.7 Å². The van der Waals surface area contributed by atoms with Gasteiger partial charge in [0.25, 0.3) is 11.8 Å². The highest BCUT2D eigenvalue weighted by Crippen LogP contribution is 2.46. The molecule has 0 N–H and O–H groups in total. The van der Waals surface area contributed by atoms with Crippen LogP contribution in [0.4, 0.5) is 11.4 Å². The second-order valence-corrected chi connectivity index (χ2v) is 9.08. The summed E-state index contributed by atoms with van der Waals surface area (Å²) >= 11 is 0. The monoisotopic (exact) mass is 494 g/mol. The van der Waals surface area contributed by atoms with Crippen LogP contribution >= 0.6 is 0 Å². The van der Waals surface area contributed by atoms with E-state index in [0.717, 1.165) is 17.0 Å². The lowest BCUT2D eigenvalue weighted by Gasteiger charge is -2.30. The summed E-state index contributed by atoms with van der Waals surface area (Å²) in [7, 11) is 1.61. The number of anilines is 2. The molecule has 37 heavy (non-hydrogen) atoms. The van der Waals surface area contributed by atoms with Gasteiger partial charge in [-0.25, -0.2) is 10.0 Å². The number of benzene rings is 3. The fourth-order valence-electron chi connectivity index (χ4n) is 5.33. The van der Waals surface area contributed by atoms with Crippen LogP contribution in [-0.4, -0.2) is 30.3 Å². The van der Waals surface area contributed by atoms with Crippen molar-refractivity contribution in [1.29, 1.82) is 0 Å². The third-order valence-electron chi connectivity index (χ3n) is 7.07. The minimum absolute atomic E-state index is 0.152. The predicted molar refractivity (Wildman–Crippen MR) is 146 cm³/mol. The molecule has 0 saturated heterocycles. The number of rotatable bonds is 8. The standard InChI is InChI=1S/C30H30N4O3/c1-4-23-27(29(35)33(31-23)20-14-8-6-9-15-20)26(22-18-12-13-19-25(22)37-3)28-24(5-2)32-34(30(28)36)21-16-10-7-11-17-21/h6-19,26-28H,4-5H2,1-3H3. The second-order valence-electron chi connectivity index (χ2n) is 9.08. The number of methoxy groups -OCH3 is 1. The van der Waals surface area contributed by atoms with Crippen LogP contribution in [0.25, 0.3) is 0 Å². The van der Waals surface area contributed by atoms with E-state index in [-0.39, 0.29) is 11.8 Å². The Bertz CT molecular complexity index is 1270. The molecule has 188 valence electrons. The number of hydrazone groups is 2. The maximum atomic E-state index is 14.1. The molecular formula is C30H30N4O3. The Labute approximate surface area is 217 Å². The van der Waals surface area contributed by atoms with Crippen LogP contribution in [0.3, 0.4) is 0 Å². The normalized spacial score (nSPS) is 20.2. The maximum absolute atomic E-state index is 14.1. The van der Waals surface area contributed by atoms with Crippen molar-refractivity contribution in [2.75, 3.05) is 17.1 Å². The van der Waals surface area contributed by atoms with Crippen molar-refractivity contribution in [2.24, 2.45) is 22.0 Å². The SMILES string of the molecule is CCC1=NN(c2ccccc2)C(=O)C1C(c1ccccc1OC)C1C(=O)N(c2ccccc2)N=C1CC. The summed E-state index contributed by atoms with van der Waals surface area (Å²) in [4.78, 5) is 28.2. The Morgan fingerprint density at radius 1 is 0.703 bits per heavy atom. The van der Waals surface area contributed by atoms with Crippen LogP contribution in [0.5, 0.6) is 5.75 Å². The minimum Gasteiger partial charge on any atom is -0.496 e. The Hall–Kier alpha value is -4.26. The van der Waals surface area contributed by atoms with Gasteiger partial charge in [-0.05, 0) is 48.7 Å². The van der Waals surface area contributed by atoms with Crippen molar-refractivity contribution < 1.29 is 14.3 Å². The largest absolute Gasteiger partial charge is 0.496 e. The zero-order valence-corrected chi connectivity index (χ0v) is 21.2. The molecule has 0 bridgehead atoms. The van der Waals surface area contributed by atoms with Crippen molar-refractivity contribution in [3.8, 4) is 5.75 Å². The van der Waals surface area contributed by atoms with E-state index >= 15 is 0 Å². The van der Waals surface area contributed by atoms with Crippen LogP contribution in [0.1, 0.15) is 38.2 Å². The van der Waals surface area contributed by atoms with E-state index < -0.39 is 17.8 Å². The summed E-state index contributed by atoms with van der Waals surface area (Å²) in [5, 5.41) is 12.5. The molecule has 0 fully saturated rings. The first-order valence-electron chi connectivity index (χ1n) is 12.6. The fraction of sp³-hybridized carbons (Fsp3) is 0.267. The number of hydrogen-bond donors (Lipinski definition) is 0. The third-order valence-corrected chi connectivity index (χ3v) is 7.07. The number of para-hydroxylation sites is 3. The molecule has 2 heterocycles. The lowest BCUT2D eigenvalue weighted by Crippen LogP contribution is -2.41. The molecule has 0 spiro atoms. The molecule has 7 heteroatoms. The van der Waals surface area contributed by atoms with E-state index in [1.807, 2.05) is 98.8 Å². The first kappa shape index (κ1) is 24.4. The average molecular weight is 495 g/mol. The highest BCUT2D eigenvalue weighted by Gasteiger charge is 2.51. The van der Waals surface area contributed by atoms with Crippen molar-refractivity contribution in [3.05, 3.63) is 90.5 Å². The molecule has 2 amide bonds. The Kier molecular flexibility index (Phi) is 6.86. The lowest BCUT2D eigenvalue weighted by atomic mass is 9.71. The summed E-state index contributed by atoms with van der Waals surface area (Å²) in [5.41, 5.74) is 3.69. The van der Waals surface area contributed by atoms with Crippen molar-refractivity contribution in [3.63, 3.8) is 0 Å². The topological polar surface area (TPSA) is 74.6 Å². The summed E-state index contributed by atoms with van der Waals surface area (Å²) in [6.45, 7) is 3.99. The van der Waals surface area contributed by atoms with Gasteiger partial charge in [0.2, 0.25) is 0 Å². The molecule has 2 unspecified atom stereocenters. The first-order valence-corrected chi connectivity index (χ1v) is 12.6. The summed E-state index contributed by atoms with van der Waals surface area (Å²) in [5.74, 6) is -1.47. The number of carbonyl (C=O) groups excluding carboxylic acids is 2. The Morgan fingerprint density at radius 3 is 1.57 bits per heavy atom. The van der Waals surface area contributed by atoms with Gasteiger partial charge in [-0.1, -0.05) is 68.4 Å². The van der Waals surface area contributed by atoms with Crippen molar-refractivity contribution in [2.45, 2.75) is 32.6 Å². The molecular weight excluding hydrogens is 464 g/mol. The summed E-state index contributed by atoms with van der Waals surface area (Å²) in [6, 6.07) is 26.4. The molecule has 3 aromatic rings. The number of nitrogens with zero attached hydrogens (tertiary/aromatic N) is 4. The van der Waals surface area contributed by atoms with Gasteiger partial charge in [-0.15, -0.1) is 0 Å². The zero-order valence-electron chi connectivity index (χ0n) is 21.2. The van der Waals surface area contributed by atoms with Gasteiger partial charge in [0.1, 0.15) is 5.75 Å². The van der Waals surface area contributed by atoms with Crippen LogP contribution in [-0.2, 0) is 9.59 Å². The quantitative estimate of drug-likeness (QED) is 0.407. The van der Waals surface area contributed by atoms with E-state index in [9.17, 15) is 9.59 Å². The summed E-state index contributed by atoms with van der Waals surface area (Å²) in [6.07, 6.45) is 1.15. The smallest absolute Gasteiger partial charge is 0.256 e. The van der Waals surface area contributed by atoms with E-state index in [0.29, 0.717) is 30.0 Å². The molecule has 2 atom stereocenters. The molecule has 0 saturated carbocycles. The fourth-order valence-corrected chi connectivity index (χ4v) is 5.33. The van der Waals surface area contributed by atoms with E-state index in [2.05, 4.69) is 0 Å². The highest BCUT2D eigenvalue weighted by molar-refractivity contribution is 6.20. The maximum Gasteiger partial charge on any atom is 0.256 e. The molecule has 3 aromatic carbocycles. The minimum atomic E-state index is -0.636. The zero-order chi connectivity index (χ0) is 25.9. The number of carbonyl (C=O) groups is 2. The lowest BCUT2D eigenvalue weighted by molar-refractivity contribution is -0.122. The van der Waals surface area contributed by atoms with E-state index in [1.54, 1.807) is 7.11 Å². The first-order chi connectivity index (χ1) is 18.1. The van der Waals surface area contributed by atoms with E-state index in [1.165, 1.54) is 10.0 Å². The molecule has 0 aromatic heterocycles. The van der Waals surface area contributed by atoms with Gasteiger partial charge < -0.3 is 4.74 Å². The Morgan fingerprint density at radius 2 is 1.14 bits per heavy atom. The van der Waals surface area contributed by atoms with Crippen LogP contribution < -0.4 is 14.8 Å². The van der Waals surface area contributed by atoms with Crippen molar-refractivity contribution in [1.82, 2.24) is 0 Å². The van der Waals surface area contributed by atoms with E-state index in [4.69, 9.17) is 14.9 Å². The molecule has 0 aliphatic carbocycles. The molecule has 5 rings (SSSR count). The second kappa shape index (κ2) is 10.4. The van der Waals surface area contributed by atoms with Gasteiger partial charge in [-0.3, -0.25) is 9.59 Å². The molecule has 2 aliphatic rings. The van der Waals surface area contributed by atoms with Gasteiger partial charge >= 0.3 is 0 Å². The van der Waals surface area contributed by atoms with Gasteiger partial charge in [-0.2, -0.15) is 10.2 Å². The van der Waals surface area contributed by atoms with Crippen LogP contribution in [0.2, 0.25) is 0 Å². The molecule has 2 aliphatic heterocycles. The number of ether oxygens (including phenoxy) is 1. The van der Waals surface area contributed by atoms with Crippen LogP contribution in [0, 0.1) is 11.8 Å². The van der Waals surface area contributed by atoms with Gasteiger partial charge in [0.15, 0.2) is 0 Å². The average Bonchev–Trinajstić information content (AvgIpc) is 3.46. The Balaban J connectivity index is 1.65. The highest BCUT2D eigenvalue weighted by atomic mass is 16.5. The number of hydrogen-bond acceptors (Lipinski definition) is 5. The van der Waals surface area contributed by atoms with Crippen molar-refractivity contribution >= 4 is 34.6 Å². The predicted octanol–water partition coefficient (Wildman–Crippen LogP) is 5.64. The molecule has 0 radical (unpaired) electrons. The number of amides is 2. The summed E-state index contributed by atoms with van der Waals surface area (Å²) < 4.78 is 5.75. The van der Waals surface area contributed by atoms with Gasteiger partial charge in [0, 0.05) is 5.92 Å². The van der Waals surface area contributed by atoms with Crippen LogP contribution in [0.15, 0.2) is 95.1 Å².